The number of aromatic nitrogens is 2. The van der Waals surface area contributed by atoms with Crippen molar-refractivity contribution >= 4 is 0 Å². The SMILES string of the molecule is COC[C@@H]1CN(Cc2ccc(C(F)(F)F)cc2)C[C@H]1c1nnc(-c2ccccc2)o1. The minimum atomic E-state index is -4.32. The van der Waals surface area contributed by atoms with Crippen molar-refractivity contribution in [1.29, 1.82) is 0 Å². The zero-order valence-corrected chi connectivity index (χ0v) is 16.5. The predicted molar refractivity (Wildman–Crippen MR) is 105 cm³/mol. The van der Waals surface area contributed by atoms with Crippen LogP contribution in [0.3, 0.4) is 0 Å². The summed E-state index contributed by atoms with van der Waals surface area (Å²) in [6, 6.07) is 14.9. The lowest BCUT2D eigenvalue weighted by molar-refractivity contribution is -0.137. The summed E-state index contributed by atoms with van der Waals surface area (Å²) < 4.78 is 49.7. The van der Waals surface area contributed by atoms with Gasteiger partial charge >= 0.3 is 6.18 Å². The average Bonchev–Trinajstić information content (AvgIpc) is 3.36. The number of nitrogens with zero attached hydrogens (tertiary/aromatic N) is 3. The zero-order chi connectivity index (χ0) is 21.1. The fraction of sp³-hybridized carbons (Fsp3) is 0.364. The Morgan fingerprint density at radius 3 is 2.43 bits per heavy atom. The number of likely N-dealkylation sites (tertiary alicyclic amines) is 1. The molecule has 4 rings (SSSR count). The molecule has 0 radical (unpaired) electrons. The van der Waals surface area contributed by atoms with Crippen LogP contribution in [0.15, 0.2) is 59.0 Å². The van der Waals surface area contributed by atoms with Crippen molar-refractivity contribution in [2.45, 2.75) is 18.6 Å². The third-order valence-electron chi connectivity index (χ3n) is 5.36. The first-order valence-electron chi connectivity index (χ1n) is 9.70. The van der Waals surface area contributed by atoms with Gasteiger partial charge < -0.3 is 9.15 Å². The first-order valence-corrected chi connectivity index (χ1v) is 9.70. The molecule has 8 heteroatoms. The summed E-state index contributed by atoms with van der Waals surface area (Å²) in [4.78, 5) is 2.18. The lowest BCUT2D eigenvalue weighted by Crippen LogP contribution is -2.21. The van der Waals surface area contributed by atoms with Crippen LogP contribution < -0.4 is 0 Å². The van der Waals surface area contributed by atoms with E-state index in [4.69, 9.17) is 9.15 Å². The largest absolute Gasteiger partial charge is 0.420 e. The van der Waals surface area contributed by atoms with E-state index in [2.05, 4.69) is 15.1 Å². The maximum atomic E-state index is 12.8. The van der Waals surface area contributed by atoms with Crippen molar-refractivity contribution in [3.63, 3.8) is 0 Å². The van der Waals surface area contributed by atoms with Crippen LogP contribution in [0.4, 0.5) is 13.2 Å². The van der Waals surface area contributed by atoms with E-state index >= 15 is 0 Å². The molecule has 1 fully saturated rings. The average molecular weight is 417 g/mol. The van der Waals surface area contributed by atoms with E-state index in [0.29, 0.717) is 31.5 Å². The molecule has 1 aliphatic rings. The molecule has 0 bridgehead atoms. The smallest absolute Gasteiger partial charge is 0.416 e. The van der Waals surface area contributed by atoms with Gasteiger partial charge in [0, 0.05) is 38.2 Å². The first kappa shape index (κ1) is 20.6. The quantitative estimate of drug-likeness (QED) is 0.586. The molecule has 1 aliphatic heterocycles. The number of ether oxygens (including phenoxy) is 1. The zero-order valence-electron chi connectivity index (χ0n) is 16.5. The number of hydrogen-bond acceptors (Lipinski definition) is 5. The molecule has 30 heavy (non-hydrogen) atoms. The maximum absolute atomic E-state index is 12.8. The summed E-state index contributed by atoms with van der Waals surface area (Å²) >= 11 is 0. The van der Waals surface area contributed by atoms with Crippen LogP contribution in [-0.4, -0.2) is 41.9 Å². The normalized spacial score (nSPS) is 20.0. The highest BCUT2D eigenvalue weighted by atomic mass is 19.4. The third kappa shape index (κ3) is 4.55. The van der Waals surface area contributed by atoms with Gasteiger partial charge in [-0.25, -0.2) is 0 Å². The minimum absolute atomic E-state index is 0.00404. The van der Waals surface area contributed by atoms with Crippen molar-refractivity contribution in [3.05, 3.63) is 71.6 Å². The van der Waals surface area contributed by atoms with Crippen LogP contribution in [0.5, 0.6) is 0 Å². The molecule has 0 spiro atoms. The molecule has 0 saturated carbocycles. The second-order valence-corrected chi connectivity index (χ2v) is 7.52. The van der Waals surface area contributed by atoms with E-state index in [1.807, 2.05) is 30.3 Å². The van der Waals surface area contributed by atoms with Crippen molar-refractivity contribution in [2.24, 2.45) is 5.92 Å². The highest BCUT2D eigenvalue weighted by Gasteiger charge is 2.37. The van der Waals surface area contributed by atoms with Gasteiger partial charge in [0.1, 0.15) is 0 Å². The topological polar surface area (TPSA) is 51.4 Å². The Morgan fingerprint density at radius 1 is 1.03 bits per heavy atom. The summed E-state index contributed by atoms with van der Waals surface area (Å²) in [5.41, 5.74) is 1.05. The van der Waals surface area contributed by atoms with Crippen molar-refractivity contribution < 1.29 is 22.3 Å². The highest BCUT2D eigenvalue weighted by molar-refractivity contribution is 5.51. The Balaban J connectivity index is 1.47. The molecule has 0 amide bonds. The highest BCUT2D eigenvalue weighted by Crippen LogP contribution is 2.35. The Bertz CT molecular complexity index is 958. The van der Waals surface area contributed by atoms with Crippen molar-refractivity contribution in [3.8, 4) is 11.5 Å². The molecule has 5 nitrogen and oxygen atoms in total. The number of halogens is 3. The van der Waals surface area contributed by atoms with Gasteiger partial charge in [-0.1, -0.05) is 30.3 Å². The van der Waals surface area contributed by atoms with Crippen molar-refractivity contribution in [1.82, 2.24) is 15.1 Å². The maximum Gasteiger partial charge on any atom is 0.416 e. The van der Waals surface area contributed by atoms with E-state index < -0.39 is 11.7 Å². The van der Waals surface area contributed by atoms with E-state index in [9.17, 15) is 13.2 Å². The van der Waals surface area contributed by atoms with E-state index in [1.165, 1.54) is 12.1 Å². The summed E-state index contributed by atoms with van der Waals surface area (Å²) in [5.74, 6) is 1.20. The summed E-state index contributed by atoms with van der Waals surface area (Å²) in [5, 5.41) is 8.45. The van der Waals surface area contributed by atoms with Gasteiger partial charge in [0.15, 0.2) is 0 Å². The number of hydrogen-bond donors (Lipinski definition) is 0. The number of alkyl halides is 3. The molecule has 158 valence electrons. The van der Waals surface area contributed by atoms with E-state index in [0.717, 1.165) is 29.8 Å². The Kier molecular flexibility index (Phi) is 5.87. The van der Waals surface area contributed by atoms with Crippen LogP contribution in [0.2, 0.25) is 0 Å². The Morgan fingerprint density at radius 2 is 1.77 bits per heavy atom. The summed E-state index contributed by atoms with van der Waals surface area (Å²) in [6.07, 6.45) is -4.32. The fourth-order valence-corrected chi connectivity index (χ4v) is 3.89. The summed E-state index contributed by atoms with van der Waals surface area (Å²) in [7, 11) is 1.65. The predicted octanol–water partition coefficient (Wildman–Crippen LogP) is 4.62. The van der Waals surface area contributed by atoms with Gasteiger partial charge in [0.2, 0.25) is 11.8 Å². The van der Waals surface area contributed by atoms with Crippen LogP contribution in [0.1, 0.15) is 22.9 Å². The third-order valence-corrected chi connectivity index (χ3v) is 5.36. The first-order chi connectivity index (χ1) is 14.4. The molecule has 2 atom stereocenters. The molecular formula is C22H22F3N3O2. The molecule has 0 N–H and O–H groups in total. The fourth-order valence-electron chi connectivity index (χ4n) is 3.89. The number of benzene rings is 2. The van der Waals surface area contributed by atoms with Gasteiger partial charge in [0.05, 0.1) is 18.1 Å². The second-order valence-electron chi connectivity index (χ2n) is 7.52. The second kappa shape index (κ2) is 8.57. The molecule has 0 aliphatic carbocycles. The van der Waals surface area contributed by atoms with Crippen molar-refractivity contribution in [2.75, 3.05) is 26.8 Å². The number of methoxy groups -OCH3 is 1. The van der Waals surface area contributed by atoms with Crippen LogP contribution in [-0.2, 0) is 17.5 Å². The number of rotatable bonds is 6. The molecule has 2 heterocycles. The van der Waals surface area contributed by atoms with Gasteiger partial charge in [-0.05, 0) is 29.8 Å². The van der Waals surface area contributed by atoms with E-state index in [1.54, 1.807) is 7.11 Å². The minimum Gasteiger partial charge on any atom is -0.420 e. The van der Waals surface area contributed by atoms with Crippen LogP contribution >= 0.6 is 0 Å². The molecule has 3 aromatic rings. The van der Waals surface area contributed by atoms with Gasteiger partial charge in [0.25, 0.3) is 0 Å². The Hall–Kier alpha value is -2.71. The molecule has 1 saturated heterocycles. The lowest BCUT2D eigenvalue weighted by Gasteiger charge is -2.16. The lowest BCUT2D eigenvalue weighted by atomic mass is 9.97. The Labute approximate surface area is 172 Å². The molecular weight excluding hydrogens is 395 g/mol. The molecule has 1 aromatic heterocycles. The van der Waals surface area contributed by atoms with Crippen LogP contribution in [0.25, 0.3) is 11.5 Å². The van der Waals surface area contributed by atoms with Crippen LogP contribution in [0, 0.1) is 5.92 Å². The van der Waals surface area contributed by atoms with Gasteiger partial charge in [-0.3, -0.25) is 4.90 Å². The van der Waals surface area contributed by atoms with E-state index in [-0.39, 0.29) is 11.8 Å². The monoisotopic (exact) mass is 417 g/mol. The molecule has 2 aromatic carbocycles. The molecule has 0 unspecified atom stereocenters. The van der Waals surface area contributed by atoms with Gasteiger partial charge in [-0.2, -0.15) is 13.2 Å². The van der Waals surface area contributed by atoms with Gasteiger partial charge in [-0.15, -0.1) is 10.2 Å². The standard InChI is InChI=1S/C22H22F3N3O2/c1-29-14-17-12-28(11-15-7-9-18(10-8-15)22(23,24)25)13-19(17)21-27-26-20(30-21)16-5-3-2-4-6-16/h2-10,17,19H,11-14H2,1H3/t17-,19+/m0/s1. The summed E-state index contributed by atoms with van der Waals surface area (Å²) in [6.45, 7) is 2.50.